The van der Waals surface area contributed by atoms with Gasteiger partial charge in [0.15, 0.2) is 0 Å². The quantitative estimate of drug-likeness (QED) is 0.823. The predicted molar refractivity (Wildman–Crippen MR) is 81.9 cm³/mol. The van der Waals surface area contributed by atoms with Crippen LogP contribution in [0.25, 0.3) is 0 Å². The standard InChI is InChI=1S/C14H17ClN2OS/c15-12-5-8(14(16)19)1-4-13(12)17-9-2-3-10(17)7-11(18)6-9/h1,4-5,9-11,18H,2-3,6-7H2,(H2,16,19). The van der Waals surface area contributed by atoms with Crippen LogP contribution in [0.15, 0.2) is 18.2 Å². The summed E-state index contributed by atoms with van der Waals surface area (Å²) in [6.07, 6.45) is 3.78. The molecule has 5 heteroatoms. The number of benzene rings is 1. The SMILES string of the molecule is NC(=S)c1ccc(N2C3CCC2CC(O)C3)c(Cl)c1. The van der Waals surface area contributed by atoms with E-state index in [2.05, 4.69) is 4.90 Å². The van der Waals surface area contributed by atoms with Crippen molar-refractivity contribution in [3.05, 3.63) is 28.8 Å². The van der Waals surface area contributed by atoms with E-state index in [1.807, 2.05) is 18.2 Å². The Morgan fingerprint density at radius 2 is 1.95 bits per heavy atom. The molecule has 2 aliphatic heterocycles. The minimum Gasteiger partial charge on any atom is -0.393 e. The molecule has 3 nitrogen and oxygen atoms in total. The number of nitrogens with zero attached hydrogens (tertiary/aromatic N) is 1. The highest BCUT2D eigenvalue weighted by Crippen LogP contribution is 2.42. The summed E-state index contributed by atoms with van der Waals surface area (Å²) in [4.78, 5) is 2.74. The van der Waals surface area contributed by atoms with E-state index in [1.165, 1.54) is 0 Å². The van der Waals surface area contributed by atoms with E-state index in [0.717, 1.165) is 36.9 Å². The summed E-state index contributed by atoms with van der Waals surface area (Å²) in [5.74, 6) is 0. The fourth-order valence-electron chi connectivity index (χ4n) is 3.41. The Morgan fingerprint density at radius 1 is 1.32 bits per heavy atom. The van der Waals surface area contributed by atoms with Gasteiger partial charge in [-0.05, 0) is 43.9 Å². The lowest BCUT2D eigenvalue weighted by molar-refractivity contribution is 0.126. The van der Waals surface area contributed by atoms with E-state index >= 15 is 0 Å². The molecule has 0 amide bonds. The van der Waals surface area contributed by atoms with Gasteiger partial charge >= 0.3 is 0 Å². The van der Waals surface area contributed by atoms with Gasteiger partial charge in [-0.15, -0.1) is 0 Å². The van der Waals surface area contributed by atoms with E-state index in [0.29, 0.717) is 22.1 Å². The van der Waals surface area contributed by atoms with Crippen molar-refractivity contribution >= 4 is 34.5 Å². The van der Waals surface area contributed by atoms with Crippen molar-refractivity contribution in [1.29, 1.82) is 0 Å². The minimum absolute atomic E-state index is 0.164. The molecule has 0 radical (unpaired) electrons. The maximum Gasteiger partial charge on any atom is 0.104 e. The number of hydrogen-bond acceptors (Lipinski definition) is 3. The molecule has 2 bridgehead atoms. The normalized spacial score (nSPS) is 29.6. The highest BCUT2D eigenvalue weighted by atomic mass is 35.5. The number of aliphatic hydroxyl groups is 1. The van der Waals surface area contributed by atoms with Gasteiger partial charge in [-0.3, -0.25) is 0 Å². The smallest absolute Gasteiger partial charge is 0.104 e. The van der Waals surface area contributed by atoms with Crippen LogP contribution in [0.3, 0.4) is 0 Å². The molecule has 2 fully saturated rings. The molecule has 2 heterocycles. The van der Waals surface area contributed by atoms with Crippen LogP contribution in [0.1, 0.15) is 31.2 Å². The van der Waals surface area contributed by atoms with Gasteiger partial charge in [0.2, 0.25) is 0 Å². The van der Waals surface area contributed by atoms with Crippen LogP contribution in [0, 0.1) is 0 Å². The summed E-state index contributed by atoms with van der Waals surface area (Å²) in [6, 6.07) is 6.57. The summed E-state index contributed by atoms with van der Waals surface area (Å²) >= 11 is 11.4. The lowest BCUT2D eigenvalue weighted by Crippen LogP contribution is -2.44. The molecule has 2 saturated heterocycles. The molecular weight excluding hydrogens is 280 g/mol. The molecule has 3 rings (SSSR count). The molecule has 0 aromatic heterocycles. The Kier molecular flexibility index (Phi) is 3.41. The minimum atomic E-state index is -0.164. The first-order valence-electron chi connectivity index (χ1n) is 6.62. The topological polar surface area (TPSA) is 49.5 Å². The van der Waals surface area contributed by atoms with Gasteiger partial charge in [-0.1, -0.05) is 23.8 Å². The average Bonchev–Trinajstić information content (AvgIpc) is 2.62. The largest absolute Gasteiger partial charge is 0.393 e. The van der Waals surface area contributed by atoms with Crippen LogP contribution in [-0.4, -0.2) is 28.3 Å². The van der Waals surface area contributed by atoms with Crippen molar-refractivity contribution in [2.45, 2.75) is 43.9 Å². The van der Waals surface area contributed by atoms with Crippen molar-refractivity contribution in [3.63, 3.8) is 0 Å². The van der Waals surface area contributed by atoms with Crippen LogP contribution in [0.4, 0.5) is 5.69 Å². The third kappa shape index (κ3) is 2.33. The number of hydrogen-bond donors (Lipinski definition) is 2. The third-order valence-corrected chi connectivity index (χ3v) is 4.76. The maximum absolute atomic E-state index is 9.85. The molecule has 3 N–H and O–H groups in total. The molecule has 0 spiro atoms. The highest BCUT2D eigenvalue weighted by Gasteiger charge is 2.40. The number of anilines is 1. The number of fused-ring (bicyclic) bond motifs is 2. The van der Waals surface area contributed by atoms with E-state index in [1.54, 1.807) is 0 Å². The zero-order chi connectivity index (χ0) is 13.6. The first-order chi connectivity index (χ1) is 9.06. The van der Waals surface area contributed by atoms with E-state index in [-0.39, 0.29) is 6.10 Å². The van der Waals surface area contributed by atoms with E-state index < -0.39 is 0 Å². The summed E-state index contributed by atoms with van der Waals surface area (Å²) in [5, 5.41) is 10.5. The summed E-state index contributed by atoms with van der Waals surface area (Å²) in [5.41, 5.74) is 7.46. The van der Waals surface area contributed by atoms with Gasteiger partial charge in [-0.25, -0.2) is 0 Å². The van der Waals surface area contributed by atoms with Gasteiger partial charge in [0.25, 0.3) is 0 Å². The number of piperidine rings is 1. The lowest BCUT2D eigenvalue weighted by atomic mass is 9.99. The summed E-state index contributed by atoms with van der Waals surface area (Å²) in [6.45, 7) is 0. The van der Waals surface area contributed by atoms with Gasteiger partial charge in [0, 0.05) is 17.6 Å². The number of halogens is 1. The second kappa shape index (κ2) is 4.93. The van der Waals surface area contributed by atoms with Crippen molar-refractivity contribution in [3.8, 4) is 0 Å². The Morgan fingerprint density at radius 3 is 2.47 bits per heavy atom. The lowest BCUT2D eigenvalue weighted by Gasteiger charge is -2.39. The van der Waals surface area contributed by atoms with Crippen LogP contribution < -0.4 is 10.6 Å². The molecule has 102 valence electrons. The first-order valence-corrected chi connectivity index (χ1v) is 7.40. The third-order valence-electron chi connectivity index (χ3n) is 4.22. The second-order valence-electron chi connectivity index (χ2n) is 5.45. The van der Waals surface area contributed by atoms with Crippen LogP contribution in [0.5, 0.6) is 0 Å². The summed E-state index contributed by atoms with van der Waals surface area (Å²) in [7, 11) is 0. The molecule has 0 aliphatic carbocycles. The first kappa shape index (κ1) is 13.2. The number of thiocarbonyl (C=S) groups is 1. The van der Waals surface area contributed by atoms with Crippen LogP contribution in [-0.2, 0) is 0 Å². The Bertz CT molecular complexity index is 508. The fourth-order valence-corrected chi connectivity index (χ4v) is 3.82. The van der Waals surface area contributed by atoms with Crippen molar-refractivity contribution in [1.82, 2.24) is 0 Å². The van der Waals surface area contributed by atoms with Crippen LogP contribution in [0.2, 0.25) is 5.02 Å². The maximum atomic E-state index is 9.85. The van der Waals surface area contributed by atoms with Crippen LogP contribution >= 0.6 is 23.8 Å². The van der Waals surface area contributed by atoms with Gasteiger partial charge < -0.3 is 15.7 Å². The van der Waals surface area contributed by atoms with E-state index in [9.17, 15) is 5.11 Å². The zero-order valence-electron chi connectivity index (χ0n) is 10.6. The van der Waals surface area contributed by atoms with Gasteiger partial charge in [0.1, 0.15) is 4.99 Å². The molecule has 1 aromatic rings. The molecule has 1 aromatic carbocycles. The monoisotopic (exact) mass is 296 g/mol. The van der Waals surface area contributed by atoms with Crippen molar-refractivity contribution in [2.24, 2.45) is 5.73 Å². The highest BCUT2D eigenvalue weighted by molar-refractivity contribution is 7.80. The van der Waals surface area contributed by atoms with Gasteiger partial charge in [0.05, 0.1) is 16.8 Å². The fraction of sp³-hybridized carbons (Fsp3) is 0.500. The predicted octanol–water partition coefficient (Wildman–Crippen LogP) is 2.47. The molecular formula is C14H17ClN2OS. The molecule has 19 heavy (non-hydrogen) atoms. The number of nitrogens with two attached hydrogens (primary N) is 1. The Hall–Kier alpha value is -0.840. The molecule has 2 atom stereocenters. The number of aliphatic hydroxyl groups excluding tert-OH is 1. The second-order valence-corrected chi connectivity index (χ2v) is 6.29. The summed E-state index contributed by atoms with van der Waals surface area (Å²) < 4.78 is 0. The molecule has 2 unspecified atom stereocenters. The average molecular weight is 297 g/mol. The number of rotatable bonds is 2. The van der Waals surface area contributed by atoms with Crippen molar-refractivity contribution in [2.75, 3.05) is 4.90 Å². The Labute approximate surface area is 123 Å². The van der Waals surface area contributed by atoms with E-state index in [4.69, 9.17) is 29.6 Å². The van der Waals surface area contributed by atoms with Crippen molar-refractivity contribution < 1.29 is 5.11 Å². The Balaban J connectivity index is 1.93. The molecule has 0 saturated carbocycles. The zero-order valence-corrected chi connectivity index (χ0v) is 12.1. The van der Waals surface area contributed by atoms with Gasteiger partial charge in [-0.2, -0.15) is 0 Å². The molecule has 2 aliphatic rings.